The van der Waals surface area contributed by atoms with Crippen molar-refractivity contribution in [1.82, 2.24) is 5.32 Å². The van der Waals surface area contributed by atoms with Crippen molar-refractivity contribution < 1.29 is 8.78 Å². The zero-order valence-corrected chi connectivity index (χ0v) is 12.8. The van der Waals surface area contributed by atoms with Gasteiger partial charge in [-0.2, -0.15) is 0 Å². The van der Waals surface area contributed by atoms with E-state index in [1.165, 1.54) is 18.2 Å². The van der Waals surface area contributed by atoms with Crippen molar-refractivity contribution in [2.24, 2.45) is 0 Å². The molecule has 1 atom stereocenters. The second-order valence-electron chi connectivity index (χ2n) is 4.58. The molecule has 0 bridgehead atoms. The van der Waals surface area contributed by atoms with Crippen LogP contribution in [0.25, 0.3) is 0 Å². The standard InChI is InChI=1S/C16H16BrF2N/c1-2-20-15(10-11-6-8-12(18)9-7-11)13-4-3-5-14(19)16(13)17/h3-9,15,20H,2,10H2,1H3. The van der Waals surface area contributed by atoms with E-state index in [1.54, 1.807) is 18.2 Å². The summed E-state index contributed by atoms with van der Waals surface area (Å²) in [6, 6.07) is 11.4. The quantitative estimate of drug-likeness (QED) is 0.837. The van der Waals surface area contributed by atoms with Crippen LogP contribution in [0, 0.1) is 11.6 Å². The molecular weight excluding hydrogens is 324 g/mol. The average Bonchev–Trinajstić information content (AvgIpc) is 2.44. The maximum Gasteiger partial charge on any atom is 0.137 e. The molecule has 0 aliphatic heterocycles. The highest BCUT2D eigenvalue weighted by atomic mass is 79.9. The maximum absolute atomic E-state index is 13.6. The van der Waals surface area contributed by atoms with Gasteiger partial charge in [-0.25, -0.2) is 8.78 Å². The Balaban J connectivity index is 2.26. The summed E-state index contributed by atoms with van der Waals surface area (Å²) in [6.07, 6.45) is 0.677. The third kappa shape index (κ3) is 3.64. The number of likely N-dealkylation sites (N-methyl/N-ethyl adjacent to an activating group) is 1. The molecule has 0 spiro atoms. The topological polar surface area (TPSA) is 12.0 Å². The van der Waals surface area contributed by atoms with Crippen molar-refractivity contribution in [2.45, 2.75) is 19.4 Å². The van der Waals surface area contributed by atoms with Crippen LogP contribution < -0.4 is 5.32 Å². The molecule has 0 fully saturated rings. The minimum absolute atomic E-state index is 0.0180. The van der Waals surface area contributed by atoms with E-state index in [0.29, 0.717) is 10.9 Å². The Morgan fingerprint density at radius 2 is 1.80 bits per heavy atom. The lowest BCUT2D eigenvalue weighted by atomic mass is 9.98. The fourth-order valence-electron chi connectivity index (χ4n) is 2.18. The zero-order chi connectivity index (χ0) is 14.5. The second kappa shape index (κ2) is 6.95. The molecule has 0 amide bonds. The van der Waals surface area contributed by atoms with Gasteiger partial charge in [0.2, 0.25) is 0 Å². The summed E-state index contributed by atoms with van der Waals surface area (Å²) in [4.78, 5) is 0. The van der Waals surface area contributed by atoms with Crippen molar-refractivity contribution in [3.05, 3.63) is 69.7 Å². The van der Waals surface area contributed by atoms with Crippen LogP contribution in [-0.4, -0.2) is 6.54 Å². The van der Waals surface area contributed by atoms with Crippen molar-refractivity contribution in [3.63, 3.8) is 0 Å². The molecule has 0 heterocycles. The summed E-state index contributed by atoms with van der Waals surface area (Å²) in [5.74, 6) is -0.523. The molecule has 1 unspecified atom stereocenters. The molecule has 0 aliphatic carbocycles. The van der Waals surface area contributed by atoms with Gasteiger partial charge in [-0.1, -0.05) is 31.2 Å². The fourth-order valence-corrected chi connectivity index (χ4v) is 2.72. The summed E-state index contributed by atoms with van der Waals surface area (Å²) in [5.41, 5.74) is 1.88. The molecule has 1 nitrogen and oxygen atoms in total. The summed E-state index contributed by atoms with van der Waals surface area (Å²) >= 11 is 3.30. The van der Waals surface area contributed by atoms with Crippen LogP contribution in [0.4, 0.5) is 8.78 Å². The van der Waals surface area contributed by atoms with Gasteiger partial charge in [-0.05, 0) is 58.2 Å². The summed E-state index contributed by atoms with van der Waals surface area (Å²) in [6.45, 7) is 2.78. The molecular formula is C16H16BrF2N. The number of hydrogen-bond acceptors (Lipinski definition) is 1. The zero-order valence-electron chi connectivity index (χ0n) is 11.2. The lowest BCUT2D eigenvalue weighted by Crippen LogP contribution is -2.23. The predicted octanol–water partition coefficient (Wildman–Crippen LogP) is 4.62. The Morgan fingerprint density at radius 1 is 1.10 bits per heavy atom. The molecule has 4 heteroatoms. The van der Waals surface area contributed by atoms with Gasteiger partial charge in [-0.3, -0.25) is 0 Å². The van der Waals surface area contributed by atoms with E-state index in [0.717, 1.165) is 17.7 Å². The highest BCUT2D eigenvalue weighted by Crippen LogP contribution is 2.28. The number of hydrogen-bond donors (Lipinski definition) is 1. The van der Waals surface area contributed by atoms with Gasteiger partial charge in [0.15, 0.2) is 0 Å². The maximum atomic E-state index is 13.6. The molecule has 0 radical (unpaired) electrons. The van der Waals surface area contributed by atoms with Crippen LogP contribution in [0.5, 0.6) is 0 Å². The third-order valence-electron chi connectivity index (χ3n) is 3.16. The highest BCUT2D eigenvalue weighted by molar-refractivity contribution is 9.10. The average molecular weight is 340 g/mol. The Hall–Kier alpha value is -1.26. The van der Waals surface area contributed by atoms with Gasteiger partial charge >= 0.3 is 0 Å². The first-order chi connectivity index (χ1) is 9.61. The number of halogens is 3. The first-order valence-electron chi connectivity index (χ1n) is 6.53. The van der Waals surface area contributed by atoms with E-state index in [1.807, 2.05) is 13.0 Å². The smallest absolute Gasteiger partial charge is 0.137 e. The SMILES string of the molecule is CCNC(Cc1ccc(F)cc1)c1cccc(F)c1Br. The Bertz CT molecular complexity index is 569. The Morgan fingerprint density at radius 3 is 2.45 bits per heavy atom. The largest absolute Gasteiger partial charge is 0.310 e. The van der Waals surface area contributed by atoms with Gasteiger partial charge in [0.25, 0.3) is 0 Å². The van der Waals surface area contributed by atoms with Crippen LogP contribution in [-0.2, 0) is 6.42 Å². The molecule has 20 heavy (non-hydrogen) atoms. The third-order valence-corrected chi connectivity index (χ3v) is 4.00. The van der Waals surface area contributed by atoms with Crippen molar-refractivity contribution in [3.8, 4) is 0 Å². The van der Waals surface area contributed by atoms with Gasteiger partial charge in [0.05, 0.1) is 4.47 Å². The van der Waals surface area contributed by atoms with E-state index in [-0.39, 0.29) is 17.7 Å². The Kier molecular flexibility index (Phi) is 5.26. The van der Waals surface area contributed by atoms with E-state index >= 15 is 0 Å². The van der Waals surface area contributed by atoms with Gasteiger partial charge in [0.1, 0.15) is 11.6 Å². The number of nitrogens with one attached hydrogen (secondary N) is 1. The molecule has 2 rings (SSSR count). The van der Waals surface area contributed by atoms with Crippen LogP contribution in [0.1, 0.15) is 24.1 Å². The summed E-state index contributed by atoms with van der Waals surface area (Å²) in [7, 11) is 0. The molecule has 2 aromatic rings. The predicted molar refractivity (Wildman–Crippen MR) is 80.6 cm³/mol. The Labute approximate surface area is 126 Å². The molecule has 0 aromatic heterocycles. The monoisotopic (exact) mass is 339 g/mol. The van der Waals surface area contributed by atoms with Crippen molar-refractivity contribution in [2.75, 3.05) is 6.54 Å². The molecule has 2 aromatic carbocycles. The lowest BCUT2D eigenvalue weighted by Gasteiger charge is -2.20. The van der Waals surface area contributed by atoms with Gasteiger partial charge in [0, 0.05) is 6.04 Å². The summed E-state index contributed by atoms with van der Waals surface area (Å²) in [5, 5.41) is 3.34. The van der Waals surface area contributed by atoms with E-state index in [4.69, 9.17) is 0 Å². The van der Waals surface area contributed by atoms with E-state index < -0.39 is 0 Å². The highest BCUT2D eigenvalue weighted by Gasteiger charge is 2.16. The minimum Gasteiger partial charge on any atom is -0.310 e. The van der Waals surface area contributed by atoms with E-state index in [9.17, 15) is 8.78 Å². The molecule has 1 N–H and O–H groups in total. The molecule has 0 saturated heterocycles. The first kappa shape index (κ1) is 15.1. The van der Waals surface area contributed by atoms with Gasteiger partial charge in [-0.15, -0.1) is 0 Å². The minimum atomic E-state index is -0.274. The van der Waals surface area contributed by atoms with Crippen LogP contribution >= 0.6 is 15.9 Å². The molecule has 0 aliphatic rings. The normalized spacial score (nSPS) is 12.4. The van der Waals surface area contributed by atoms with Crippen molar-refractivity contribution in [1.29, 1.82) is 0 Å². The number of benzene rings is 2. The fraction of sp³-hybridized carbons (Fsp3) is 0.250. The van der Waals surface area contributed by atoms with Crippen molar-refractivity contribution >= 4 is 15.9 Å². The first-order valence-corrected chi connectivity index (χ1v) is 7.33. The van der Waals surface area contributed by atoms with Gasteiger partial charge < -0.3 is 5.32 Å². The second-order valence-corrected chi connectivity index (χ2v) is 5.38. The lowest BCUT2D eigenvalue weighted by molar-refractivity contribution is 0.538. The van der Waals surface area contributed by atoms with Crippen LogP contribution in [0.3, 0.4) is 0 Å². The molecule has 106 valence electrons. The van der Waals surface area contributed by atoms with Crippen LogP contribution in [0.15, 0.2) is 46.9 Å². The van der Waals surface area contributed by atoms with Crippen LogP contribution in [0.2, 0.25) is 0 Å². The molecule has 0 saturated carbocycles. The number of rotatable bonds is 5. The summed E-state index contributed by atoms with van der Waals surface area (Å²) < 4.78 is 27.1. The van der Waals surface area contributed by atoms with E-state index in [2.05, 4.69) is 21.2 Å².